The molecule has 19 heavy (non-hydrogen) atoms. The van der Waals surface area contributed by atoms with E-state index in [0.29, 0.717) is 0 Å². The van der Waals surface area contributed by atoms with Gasteiger partial charge in [-0.25, -0.2) is 8.42 Å². The summed E-state index contributed by atoms with van der Waals surface area (Å²) in [7, 11) is -3.46. The number of carboxylic acid groups (broad SMARTS) is 1. The quantitative estimate of drug-likeness (QED) is 0.778. The van der Waals surface area contributed by atoms with Crippen LogP contribution in [0.25, 0.3) is 0 Å². The van der Waals surface area contributed by atoms with Crippen LogP contribution in [0, 0.1) is 11.8 Å². The van der Waals surface area contributed by atoms with Crippen LogP contribution >= 0.6 is 0 Å². The lowest BCUT2D eigenvalue weighted by atomic mass is 9.91. The minimum atomic E-state index is -3.46. The molecule has 0 bridgehead atoms. The van der Waals surface area contributed by atoms with Gasteiger partial charge >= 0.3 is 5.97 Å². The van der Waals surface area contributed by atoms with Crippen molar-refractivity contribution in [2.75, 3.05) is 18.8 Å². The van der Waals surface area contributed by atoms with E-state index in [0.717, 1.165) is 30.0 Å². The minimum Gasteiger partial charge on any atom is -0.480 e. The monoisotopic (exact) mass is 291 g/mol. The number of rotatable bonds is 7. The molecule has 0 spiro atoms. The second kappa shape index (κ2) is 7.24. The van der Waals surface area contributed by atoms with Crippen LogP contribution in [0.3, 0.4) is 0 Å². The van der Waals surface area contributed by atoms with Crippen molar-refractivity contribution < 1.29 is 18.3 Å². The first-order valence-electron chi connectivity index (χ1n) is 7.01. The van der Waals surface area contributed by atoms with Gasteiger partial charge in [-0.2, -0.15) is 4.31 Å². The molecule has 0 aromatic carbocycles. The molecule has 0 atom stereocenters. The SMILES string of the molecule is CC(C)CN(CC(=O)O)S(=O)(=O)CC1CCCCC1. The van der Waals surface area contributed by atoms with Crippen LogP contribution in [-0.4, -0.2) is 42.6 Å². The summed E-state index contributed by atoms with van der Waals surface area (Å²) in [5.74, 6) is -0.664. The molecule has 0 aromatic heterocycles. The van der Waals surface area contributed by atoms with E-state index in [1.165, 1.54) is 6.42 Å². The predicted octanol–water partition coefficient (Wildman–Crippen LogP) is 1.94. The third-order valence-corrected chi connectivity index (χ3v) is 5.40. The molecule has 1 aliphatic carbocycles. The molecule has 1 rings (SSSR count). The van der Waals surface area contributed by atoms with E-state index in [1.54, 1.807) is 0 Å². The van der Waals surface area contributed by atoms with E-state index < -0.39 is 22.5 Å². The normalized spacial score (nSPS) is 18.1. The zero-order valence-corrected chi connectivity index (χ0v) is 12.7. The number of sulfonamides is 1. The lowest BCUT2D eigenvalue weighted by molar-refractivity contribution is -0.137. The fraction of sp³-hybridized carbons (Fsp3) is 0.923. The van der Waals surface area contributed by atoms with Gasteiger partial charge in [0, 0.05) is 6.54 Å². The van der Waals surface area contributed by atoms with Crippen LogP contribution in [-0.2, 0) is 14.8 Å². The molecule has 0 radical (unpaired) electrons. The summed E-state index contributed by atoms with van der Waals surface area (Å²) >= 11 is 0. The Hall–Kier alpha value is -0.620. The second-order valence-corrected chi connectivity index (χ2v) is 7.88. The van der Waals surface area contributed by atoms with Crippen LogP contribution in [0.4, 0.5) is 0 Å². The van der Waals surface area contributed by atoms with Crippen LogP contribution < -0.4 is 0 Å². The molecule has 0 saturated heterocycles. The third-order valence-electron chi connectivity index (χ3n) is 3.44. The Morgan fingerprint density at radius 3 is 2.32 bits per heavy atom. The van der Waals surface area contributed by atoms with Crippen molar-refractivity contribution in [3.63, 3.8) is 0 Å². The number of nitrogens with zero attached hydrogens (tertiary/aromatic N) is 1. The fourth-order valence-corrected chi connectivity index (χ4v) is 4.56. The largest absolute Gasteiger partial charge is 0.480 e. The van der Waals surface area contributed by atoms with E-state index >= 15 is 0 Å². The van der Waals surface area contributed by atoms with E-state index in [4.69, 9.17) is 5.11 Å². The highest BCUT2D eigenvalue weighted by Gasteiger charge is 2.29. The van der Waals surface area contributed by atoms with Crippen molar-refractivity contribution in [3.05, 3.63) is 0 Å². The Balaban J connectivity index is 2.70. The summed E-state index contributed by atoms with van der Waals surface area (Å²) in [6.07, 6.45) is 5.25. The smallest absolute Gasteiger partial charge is 0.318 e. The maximum atomic E-state index is 12.3. The van der Waals surface area contributed by atoms with Crippen LogP contribution in [0.15, 0.2) is 0 Å². The molecule has 5 nitrogen and oxygen atoms in total. The molecule has 0 amide bonds. The summed E-state index contributed by atoms with van der Waals surface area (Å²) in [6, 6.07) is 0. The zero-order chi connectivity index (χ0) is 14.5. The summed E-state index contributed by atoms with van der Waals surface area (Å²) in [5, 5.41) is 8.86. The van der Waals surface area contributed by atoms with Gasteiger partial charge in [0.2, 0.25) is 10.0 Å². The first-order valence-corrected chi connectivity index (χ1v) is 8.62. The van der Waals surface area contributed by atoms with E-state index in [-0.39, 0.29) is 24.1 Å². The average Bonchev–Trinajstić information content (AvgIpc) is 2.27. The molecule has 1 saturated carbocycles. The van der Waals surface area contributed by atoms with E-state index in [2.05, 4.69) is 0 Å². The molecule has 112 valence electrons. The van der Waals surface area contributed by atoms with Gasteiger partial charge in [0.05, 0.1) is 5.75 Å². The Morgan fingerprint density at radius 2 is 1.84 bits per heavy atom. The Bertz CT molecular complexity index is 385. The standard InChI is InChI=1S/C13H25NO4S/c1-11(2)8-14(9-13(15)16)19(17,18)10-12-6-4-3-5-7-12/h11-12H,3-10H2,1-2H3,(H,15,16). The Kier molecular flexibility index (Phi) is 6.26. The maximum Gasteiger partial charge on any atom is 0.318 e. The summed E-state index contributed by atoms with van der Waals surface area (Å²) < 4.78 is 25.8. The van der Waals surface area contributed by atoms with Gasteiger partial charge in [0.25, 0.3) is 0 Å². The Morgan fingerprint density at radius 1 is 1.26 bits per heavy atom. The van der Waals surface area contributed by atoms with E-state index in [1.807, 2.05) is 13.8 Å². The van der Waals surface area contributed by atoms with Gasteiger partial charge in [-0.05, 0) is 24.7 Å². The highest BCUT2D eigenvalue weighted by atomic mass is 32.2. The molecular formula is C13H25NO4S. The second-order valence-electron chi connectivity index (χ2n) is 5.86. The van der Waals surface area contributed by atoms with Gasteiger partial charge in [-0.1, -0.05) is 33.1 Å². The molecule has 0 heterocycles. The van der Waals surface area contributed by atoms with Crippen molar-refractivity contribution in [1.82, 2.24) is 4.31 Å². The third kappa shape index (κ3) is 5.91. The Labute approximate surface area is 116 Å². The van der Waals surface area contributed by atoms with E-state index in [9.17, 15) is 13.2 Å². The highest BCUT2D eigenvalue weighted by molar-refractivity contribution is 7.89. The molecule has 1 aliphatic rings. The molecular weight excluding hydrogens is 266 g/mol. The average molecular weight is 291 g/mol. The first kappa shape index (κ1) is 16.4. The van der Waals surface area contributed by atoms with Crippen molar-refractivity contribution >= 4 is 16.0 Å². The zero-order valence-electron chi connectivity index (χ0n) is 11.8. The van der Waals surface area contributed by atoms with Crippen LogP contribution in [0.5, 0.6) is 0 Å². The number of carbonyl (C=O) groups is 1. The van der Waals surface area contributed by atoms with Crippen molar-refractivity contribution in [3.8, 4) is 0 Å². The summed E-state index contributed by atoms with van der Waals surface area (Å²) in [6.45, 7) is 3.64. The van der Waals surface area contributed by atoms with Crippen molar-refractivity contribution in [2.24, 2.45) is 11.8 Å². The first-order chi connectivity index (χ1) is 8.81. The topological polar surface area (TPSA) is 74.7 Å². The van der Waals surface area contributed by atoms with Crippen LogP contribution in [0.2, 0.25) is 0 Å². The number of aliphatic carboxylic acids is 1. The highest BCUT2D eigenvalue weighted by Crippen LogP contribution is 2.26. The van der Waals surface area contributed by atoms with Gasteiger partial charge in [-0.15, -0.1) is 0 Å². The molecule has 0 aliphatic heterocycles. The molecule has 0 unspecified atom stereocenters. The van der Waals surface area contributed by atoms with Gasteiger partial charge in [0.1, 0.15) is 6.54 Å². The van der Waals surface area contributed by atoms with Gasteiger partial charge < -0.3 is 5.11 Å². The molecule has 1 N–H and O–H groups in total. The van der Waals surface area contributed by atoms with Crippen LogP contribution in [0.1, 0.15) is 46.0 Å². The van der Waals surface area contributed by atoms with Gasteiger partial charge in [0.15, 0.2) is 0 Å². The number of hydrogen-bond donors (Lipinski definition) is 1. The predicted molar refractivity (Wildman–Crippen MR) is 74.4 cm³/mol. The minimum absolute atomic E-state index is 0.104. The lowest BCUT2D eigenvalue weighted by Crippen LogP contribution is -2.41. The molecule has 1 fully saturated rings. The summed E-state index contributed by atoms with van der Waals surface area (Å²) in [5.41, 5.74) is 0. The molecule has 0 aromatic rings. The fourth-order valence-electron chi connectivity index (χ4n) is 2.59. The summed E-state index contributed by atoms with van der Waals surface area (Å²) in [4.78, 5) is 10.8. The molecule has 6 heteroatoms. The van der Waals surface area contributed by atoms with Crippen molar-refractivity contribution in [2.45, 2.75) is 46.0 Å². The lowest BCUT2D eigenvalue weighted by Gasteiger charge is -2.27. The maximum absolute atomic E-state index is 12.3. The van der Waals surface area contributed by atoms with Gasteiger partial charge in [-0.3, -0.25) is 4.79 Å². The van der Waals surface area contributed by atoms with Crippen molar-refractivity contribution in [1.29, 1.82) is 0 Å². The number of hydrogen-bond acceptors (Lipinski definition) is 3. The number of carboxylic acids is 1.